The molecule has 0 atom stereocenters. The number of hydrogen-bond donors (Lipinski definition) is 0. The van der Waals surface area contributed by atoms with Crippen molar-refractivity contribution in [1.82, 2.24) is 4.57 Å². The number of amides is 1. The molecule has 118 valence electrons. The highest BCUT2D eigenvalue weighted by molar-refractivity contribution is 6.05. The van der Waals surface area contributed by atoms with E-state index in [0.29, 0.717) is 6.54 Å². The topological polar surface area (TPSA) is 43.7 Å². The lowest BCUT2D eigenvalue weighted by molar-refractivity contribution is 0.0580. The minimum absolute atomic E-state index is 0.309. The van der Waals surface area contributed by atoms with E-state index in [1.165, 1.54) is 5.56 Å². The van der Waals surface area contributed by atoms with Gasteiger partial charge in [-0.25, -0.2) is 4.79 Å². The number of anilines is 1. The molecule has 5 nitrogen and oxygen atoms in total. The molecule has 2 heterocycles. The largest absolute Gasteiger partial charge is 0.497 e. The Hall–Kier alpha value is -2.17. The molecule has 0 bridgehead atoms. The lowest BCUT2D eigenvalue weighted by atomic mass is 10.0. The molecule has 0 aliphatic carbocycles. The Balaban J connectivity index is 2.12. The normalized spacial score (nSPS) is 14.3. The van der Waals surface area contributed by atoms with Crippen LogP contribution in [0.5, 0.6) is 5.75 Å². The van der Waals surface area contributed by atoms with Gasteiger partial charge in [-0.15, -0.1) is 0 Å². The summed E-state index contributed by atoms with van der Waals surface area (Å²) in [6.07, 6.45) is 2.65. The van der Waals surface area contributed by atoms with E-state index in [0.717, 1.165) is 28.8 Å². The number of benzene rings is 1. The first-order chi connectivity index (χ1) is 10.3. The predicted molar refractivity (Wildman–Crippen MR) is 86.8 cm³/mol. The van der Waals surface area contributed by atoms with Gasteiger partial charge in [0.05, 0.1) is 18.3 Å². The SMILES string of the molecule is COc1cc2c3c(cn(C)c3c1)CCN2C(=O)OC(C)(C)C. The summed E-state index contributed by atoms with van der Waals surface area (Å²) in [7, 11) is 3.65. The number of methoxy groups -OCH3 is 1. The van der Waals surface area contributed by atoms with Gasteiger partial charge in [-0.1, -0.05) is 0 Å². The van der Waals surface area contributed by atoms with Crippen LogP contribution in [0.2, 0.25) is 0 Å². The molecule has 0 saturated heterocycles. The van der Waals surface area contributed by atoms with Gasteiger partial charge in [0.2, 0.25) is 0 Å². The van der Waals surface area contributed by atoms with E-state index in [2.05, 4.69) is 10.8 Å². The molecule has 0 radical (unpaired) electrons. The fraction of sp³-hybridized carbons (Fsp3) is 0.471. The molecular formula is C17H22N2O3. The smallest absolute Gasteiger partial charge is 0.414 e. The quantitative estimate of drug-likeness (QED) is 0.810. The second kappa shape index (κ2) is 4.93. The van der Waals surface area contributed by atoms with Gasteiger partial charge >= 0.3 is 6.09 Å². The first-order valence-electron chi connectivity index (χ1n) is 7.46. The molecule has 22 heavy (non-hydrogen) atoms. The number of aryl methyl sites for hydroxylation is 1. The molecule has 1 aromatic carbocycles. The summed E-state index contributed by atoms with van der Waals surface area (Å²) < 4.78 is 13.0. The van der Waals surface area contributed by atoms with Crippen molar-refractivity contribution in [3.63, 3.8) is 0 Å². The number of nitrogens with zero attached hydrogens (tertiary/aromatic N) is 2. The minimum atomic E-state index is -0.508. The average Bonchev–Trinajstić information content (AvgIpc) is 2.75. The summed E-state index contributed by atoms with van der Waals surface area (Å²) in [5, 5.41) is 1.11. The van der Waals surface area contributed by atoms with E-state index in [1.807, 2.05) is 40.0 Å². The third-order valence-corrected chi connectivity index (χ3v) is 3.87. The van der Waals surface area contributed by atoms with Crippen molar-refractivity contribution in [1.29, 1.82) is 0 Å². The summed E-state index contributed by atoms with van der Waals surface area (Å²) in [6.45, 7) is 6.26. The average molecular weight is 302 g/mol. The molecule has 0 unspecified atom stereocenters. The van der Waals surface area contributed by atoms with Gasteiger partial charge in [0.15, 0.2) is 0 Å². The second-order valence-corrected chi connectivity index (χ2v) is 6.69. The van der Waals surface area contributed by atoms with Crippen LogP contribution in [0.1, 0.15) is 26.3 Å². The van der Waals surface area contributed by atoms with Crippen molar-refractivity contribution in [2.45, 2.75) is 32.8 Å². The van der Waals surface area contributed by atoms with E-state index in [1.54, 1.807) is 12.0 Å². The van der Waals surface area contributed by atoms with Crippen LogP contribution in [0, 0.1) is 0 Å². The summed E-state index contributed by atoms with van der Waals surface area (Å²) in [6, 6.07) is 3.91. The minimum Gasteiger partial charge on any atom is -0.497 e. The lowest BCUT2D eigenvalue weighted by Gasteiger charge is -2.30. The van der Waals surface area contributed by atoms with Gasteiger partial charge in [0.1, 0.15) is 11.4 Å². The first kappa shape index (κ1) is 14.8. The Labute approximate surface area is 130 Å². The van der Waals surface area contributed by atoms with E-state index in [-0.39, 0.29) is 6.09 Å². The maximum atomic E-state index is 12.5. The predicted octanol–water partition coefficient (Wildman–Crippen LogP) is 3.48. The van der Waals surface area contributed by atoms with Gasteiger partial charge < -0.3 is 14.0 Å². The van der Waals surface area contributed by atoms with Crippen LogP contribution in [-0.2, 0) is 18.2 Å². The number of aromatic nitrogens is 1. The lowest BCUT2D eigenvalue weighted by Crippen LogP contribution is -2.39. The molecule has 1 amide bonds. The van der Waals surface area contributed by atoms with E-state index in [9.17, 15) is 4.79 Å². The summed E-state index contributed by atoms with van der Waals surface area (Å²) >= 11 is 0. The molecule has 0 spiro atoms. The molecule has 3 rings (SSSR count). The van der Waals surface area contributed by atoms with Gasteiger partial charge in [0, 0.05) is 37.3 Å². The maximum absolute atomic E-state index is 12.5. The Morgan fingerprint density at radius 1 is 1.27 bits per heavy atom. The Morgan fingerprint density at radius 2 is 2.00 bits per heavy atom. The highest BCUT2D eigenvalue weighted by Gasteiger charge is 2.29. The molecule has 5 heteroatoms. The maximum Gasteiger partial charge on any atom is 0.414 e. The van der Waals surface area contributed by atoms with Crippen LogP contribution < -0.4 is 9.64 Å². The molecule has 1 aliphatic heterocycles. The van der Waals surface area contributed by atoms with Crippen molar-refractivity contribution in [3.05, 3.63) is 23.9 Å². The van der Waals surface area contributed by atoms with Gasteiger partial charge in [-0.05, 0) is 32.8 Å². The molecular weight excluding hydrogens is 280 g/mol. The van der Waals surface area contributed by atoms with Crippen molar-refractivity contribution in [2.75, 3.05) is 18.6 Å². The van der Waals surface area contributed by atoms with Crippen LogP contribution in [0.3, 0.4) is 0 Å². The molecule has 2 aromatic rings. The summed E-state index contributed by atoms with van der Waals surface area (Å²) in [5.41, 5.74) is 2.68. The van der Waals surface area contributed by atoms with Crippen molar-refractivity contribution in [3.8, 4) is 5.75 Å². The number of rotatable bonds is 1. The van der Waals surface area contributed by atoms with Crippen LogP contribution >= 0.6 is 0 Å². The first-order valence-corrected chi connectivity index (χ1v) is 7.46. The van der Waals surface area contributed by atoms with Gasteiger partial charge in [0.25, 0.3) is 0 Å². The molecule has 0 N–H and O–H groups in total. The highest BCUT2D eigenvalue weighted by Crippen LogP contribution is 2.39. The number of carbonyl (C=O) groups is 1. The summed E-state index contributed by atoms with van der Waals surface area (Å²) in [4.78, 5) is 14.2. The van der Waals surface area contributed by atoms with Crippen LogP contribution in [0.25, 0.3) is 10.9 Å². The van der Waals surface area contributed by atoms with Crippen LogP contribution in [0.4, 0.5) is 10.5 Å². The molecule has 1 aliphatic rings. The van der Waals surface area contributed by atoms with E-state index < -0.39 is 5.60 Å². The van der Waals surface area contributed by atoms with Crippen molar-refractivity contribution >= 4 is 22.7 Å². The monoisotopic (exact) mass is 302 g/mol. The fourth-order valence-electron chi connectivity index (χ4n) is 2.94. The summed E-state index contributed by atoms with van der Waals surface area (Å²) in [5.74, 6) is 0.741. The van der Waals surface area contributed by atoms with Gasteiger partial charge in [-0.2, -0.15) is 0 Å². The van der Waals surface area contributed by atoms with E-state index >= 15 is 0 Å². The second-order valence-electron chi connectivity index (χ2n) is 6.69. The zero-order valence-corrected chi connectivity index (χ0v) is 13.8. The number of ether oxygens (including phenoxy) is 2. The number of hydrogen-bond acceptors (Lipinski definition) is 3. The number of carbonyl (C=O) groups excluding carboxylic acids is 1. The third kappa shape index (κ3) is 2.40. The Kier molecular flexibility index (Phi) is 3.31. The van der Waals surface area contributed by atoms with Crippen molar-refractivity contribution < 1.29 is 14.3 Å². The molecule has 0 fully saturated rings. The molecule has 1 aromatic heterocycles. The standard InChI is InChI=1S/C17H22N2O3/c1-17(2,3)22-16(20)19-7-6-11-10-18(4)13-8-12(21-5)9-14(19)15(11)13/h8-10H,6-7H2,1-5H3. The zero-order chi connectivity index (χ0) is 16.1. The highest BCUT2D eigenvalue weighted by atomic mass is 16.6. The Morgan fingerprint density at radius 3 is 2.64 bits per heavy atom. The molecule has 0 saturated carbocycles. The fourth-order valence-corrected chi connectivity index (χ4v) is 2.94. The third-order valence-electron chi connectivity index (χ3n) is 3.87. The van der Waals surface area contributed by atoms with Crippen molar-refractivity contribution in [2.24, 2.45) is 7.05 Å². The van der Waals surface area contributed by atoms with E-state index in [4.69, 9.17) is 9.47 Å². The van der Waals surface area contributed by atoms with Crippen LogP contribution in [0.15, 0.2) is 18.3 Å². The van der Waals surface area contributed by atoms with Gasteiger partial charge in [-0.3, -0.25) is 4.90 Å². The zero-order valence-electron chi connectivity index (χ0n) is 13.8. The Bertz CT molecular complexity index is 740. The van der Waals surface area contributed by atoms with Crippen LogP contribution in [-0.4, -0.2) is 29.9 Å².